The van der Waals surface area contributed by atoms with Gasteiger partial charge in [0.1, 0.15) is 5.54 Å². The zero-order valence-corrected chi connectivity index (χ0v) is 12.1. The Morgan fingerprint density at radius 3 is 2.45 bits per heavy atom. The van der Waals surface area contributed by atoms with Crippen molar-refractivity contribution in [1.82, 2.24) is 0 Å². The molecule has 1 fully saturated rings. The summed E-state index contributed by atoms with van der Waals surface area (Å²) in [7, 11) is 3.15. The Labute approximate surface area is 118 Å². The average Bonchev–Trinajstić information content (AvgIpc) is 2.43. The molecule has 2 rings (SSSR count). The molecule has 1 aromatic carbocycles. The molecular weight excluding hydrogens is 258 g/mol. The van der Waals surface area contributed by atoms with E-state index >= 15 is 0 Å². The van der Waals surface area contributed by atoms with Crippen LogP contribution in [0.5, 0.6) is 17.2 Å². The number of isocyanates is 1. The quantitative estimate of drug-likeness (QED) is 0.592. The topological polar surface area (TPSA) is 57.1 Å². The van der Waals surface area contributed by atoms with Crippen molar-refractivity contribution in [2.45, 2.75) is 31.7 Å². The Hall–Kier alpha value is -2.00. The van der Waals surface area contributed by atoms with Crippen LogP contribution < -0.4 is 14.2 Å². The van der Waals surface area contributed by atoms with E-state index in [0.717, 1.165) is 24.8 Å². The van der Waals surface area contributed by atoms with Gasteiger partial charge in [0.25, 0.3) is 0 Å². The highest BCUT2D eigenvalue weighted by Gasteiger charge is 2.42. The fourth-order valence-corrected chi connectivity index (χ4v) is 2.59. The van der Waals surface area contributed by atoms with Crippen LogP contribution in [0.4, 0.5) is 0 Å². The van der Waals surface area contributed by atoms with Crippen LogP contribution in [0.3, 0.4) is 0 Å². The van der Waals surface area contributed by atoms with Gasteiger partial charge in [0.05, 0.1) is 20.8 Å². The number of rotatable bonds is 6. The summed E-state index contributed by atoms with van der Waals surface area (Å²) in [5.74, 6) is 1.75. The fourth-order valence-electron chi connectivity index (χ4n) is 2.59. The van der Waals surface area contributed by atoms with Crippen molar-refractivity contribution in [3.05, 3.63) is 17.7 Å². The largest absolute Gasteiger partial charge is 0.493 e. The highest BCUT2D eigenvalue weighted by Crippen LogP contribution is 2.52. The summed E-state index contributed by atoms with van der Waals surface area (Å²) in [6, 6.07) is 3.71. The summed E-state index contributed by atoms with van der Waals surface area (Å²) in [5, 5.41) is 0. The molecular formula is C15H19NO4. The van der Waals surface area contributed by atoms with Crippen molar-refractivity contribution < 1.29 is 19.0 Å². The zero-order valence-electron chi connectivity index (χ0n) is 12.1. The molecule has 0 radical (unpaired) electrons. The molecule has 5 heteroatoms. The normalized spacial score (nSPS) is 15.8. The van der Waals surface area contributed by atoms with E-state index in [1.165, 1.54) is 0 Å². The number of carbonyl (C=O) groups excluding carboxylic acids is 1. The van der Waals surface area contributed by atoms with E-state index in [1.54, 1.807) is 20.3 Å². The van der Waals surface area contributed by atoms with E-state index in [9.17, 15) is 4.79 Å². The second-order valence-electron chi connectivity index (χ2n) is 4.70. The first-order chi connectivity index (χ1) is 9.72. The van der Waals surface area contributed by atoms with E-state index in [-0.39, 0.29) is 0 Å². The molecule has 1 saturated carbocycles. The van der Waals surface area contributed by atoms with Gasteiger partial charge >= 0.3 is 0 Å². The molecule has 5 nitrogen and oxygen atoms in total. The van der Waals surface area contributed by atoms with Gasteiger partial charge in [-0.1, -0.05) is 0 Å². The minimum absolute atomic E-state index is 0.497. The van der Waals surface area contributed by atoms with Crippen LogP contribution in [-0.2, 0) is 10.3 Å². The van der Waals surface area contributed by atoms with E-state index in [0.29, 0.717) is 23.9 Å². The van der Waals surface area contributed by atoms with Gasteiger partial charge in [-0.25, -0.2) is 4.79 Å². The van der Waals surface area contributed by atoms with Crippen LogP contribution in [0.2, 0.25) is 0 Å². The van der Waals surface area contributed by atoms with Crippen LogP contribution in [0.15, 0.2) is 17.1 Å². The first-order valence-corrected chi connectivity index (χ1v) is 6.69. The van der Waals surface area contributed by atoms with Gasteiger partial charge in [-0.2, -0.15) is 4.99 Å². The number of methoxy groups -OCH3 is 2. The van der Waals surface area contributed by atoms with Gasteiger partial charge in [-0.15, -0.1) is 0 Å². The Morgan fingerprint density at radius 1 is 1.25 bits per heavy atom. The molecule has 0 aromatic heterocycles. The maximum Gasteiger partial charge on any atom is 0.235 e. The summed E-state index contributed by atoms with van der Waals surface area (Å²) >= 11 is 0. The van der Waals surface area contributed by atoms with Gasteiger partial charge in [0.2, 0.25) is 11.8 Å². The highest BCUT2D eigenvalue weighted by molar-refractivity contribution is 5.59. The van der Waals surface area contributed by atoms with E-state index < -0.39 is 5.54 Å². The second-order valence-corrected chi connectivity index (χ2v) is 4.70. The maximum absolute atomic E-state index is 10.7. The molecule has 20 heavy (non-hydrogen) atoms. The minimum Gasteiger partial charge on any atom is -0.493 e. The minimum atomic E-state index is -0.522. The lowest BCUT2D eigenvalue weighted by atomic mass is 9.72. The van der Waals surface area contributed by atoms with Crippen molar-refractivity contribution >= 4 is 6.08 Å². The monoisotopic (exact) mass is 277 g/mol. The summed E-state index contributed by atoms with van der Waals surface area (Å²) in [5.41, 5.74) is 0.345. The molecule has 0 heterocycles. The molecule has 0 bridgehead atoms. The summed E-state index contributed by atoms with van der Waals surface area (Å²) in [6.45, 7) is 2.40. The zero-order chi connectivity index (χ0) is 14.6. The first kappa shape index (κ1) is 14.4. The van der Waals surface area contributed by atoms with Crippen LogP contribution in [-0.4, -0.2) is 26.9 Å². The number of hydrogen-bond acceptors (Lipinski definition) is 5. The summed E-state index contributed by atoms with van der Waals surface area (Å²) < 4.78 is 16.4. The van der Waals surface area contributed by atoms with Gasteiger partial charge in [0, 0.05) is 5.56 Å². The number of aliphatic imine (C=N–C) groups is 1. The average molecular weight is 277 g/mol. The van der Waals surface area contributed by atoms with Crippen LogP contribution >= 0.6 is 0 Å². The van der Waals surface area contributed by atoms with Crippen molar-refractivity contribution in [1.29, 1.82) is 0 Å². The predicted octanol–water partition coefficient (Wildman–Crippen LogP) is 2.82. The Bertz CT molecular complexity index is 531. The first-order valence-electron chi connectivity index (χ1n) is 6.69. The number of nitrogens with zero attached hydrogens (tertiary/aromatic N) is 1. The maximum atomic E-state index is 10.7. The Balaban J connectivity index is 2.60. The molecule has 1 aliphatic carbocycles. The summed E-state index contributed by atoms with van der Waals surface area (Å²) in [4.78, 5) is 14.8. The molecule has 0 atom stereocenters. The van der Waals surface area contributed by atoms with Gasteiger partial charge < -0.3 is 14.2 Å². The number of ether oxygens (including phenoxy) is 3. The smallest absolute Gasteiger partial charge is 0.235 e. The van der Waals surface area contributed by atoms with Gasteiger partial charge in [-0.3, -0.25) is 0 Å². The standard InChI is InChI=1S/C15H19NO4/c1-4-20-13-11(15(16-10-17)8-5-9-15)6-7-12(18-2)14(13)19-3/h6-7H,4-5,8-9H2,1-3H3. The lowest BCUT2D eigenvalue weighted by Crippen LogP contribution is -2.32. The molecule has 1 aromatic rings. The van der Waals surface area contributed by atoms with Crippen molar-refractivity contribution in [2.75, 3.05) is 20.8 Å². The van der Waals surface area contributed by atoms with E-state index in [2.05, 4.69) is 4.99 Å². The Kier molecular flexibility index (Phi) is 4.30. The van der Waals surface area contributed by atoms with Crippen molar-refractivity contribution in [3.63, 3.8) is 0 Å². The SMILES string of the molecule is CCOc1c(C2(N=C=O)CCC2)ccc(OC)c1OC. The lowest BCUT2D eigenvalue weighted by molar-refractivity contribution is 0.232. The lowest BCUT2D eigenvalue weighted by Gasteiger charge is -2.38. The second kappa shape index (κ2) is 5.97. The molecule has 0 unspecified atom stereocenters. The fraction of sp³-hybridized carbons (Fsp3) is 0.533. The molecule has 1 aliphatic rings. The van der Waals surface area contributed by atoms with E-state index in [4.69, 9.17) is 14.2 Å². The third kappa shape index (κ3) is 2.25. The van der Waals surface area contributed by atoms with Gasteiger partial charge in [0.15, 0.2) is 11.5 Å². The molecule has 0 aliphatic heterocycles. The third-order valence-electron chi connectivity index (χ3n) is 3.73. The molecule has 0 spiro atoms. The van der Waals surface area contributed by atoms with E-state index in [1.807, 2.05) is 19.1 Å². The molecule has 0 N–H and O–H groups in total. The highest BCUT2D eigenvalue weighted by atomic mass is 16.5. The number of benzene rings is 1. The number of hydrogen-bond donors (Lipinski definition) is 0. The summed E-state index contributed by atoms with van der Waals surface area (Å²) in [6.07, 6.45) is 4.36. The molecule has 0 saturated heterocycles. The van der Waals surface area contributed by atoms with Crippen molar-refractivity contribution in [3.8, 4) is 17.2 Å². The van der Waals surface area contributed by atoms with Crippen LogP contribution in [0.1, 0.15) is 31.7 Å². The van der Waals surface area contributed by atoms with Crippen molar-refractivity contribution in [2.24, 2.45) is 4.99 Å². The predicted molar refractivity (Wildman–Crippen MR) is 74.4 cm³/mol. The molecule has 108 valence electrons. The van der Waals surface area contributed by atoms with Crippen LogP contribution in [0, 0.1) is 0 Å². The van der Waals surface area contributed by atoms with Gasteiger partial charge in [-0.05, 0) is 38.3 Å². The third-order valence-corrected chi connectivity index (χ3v) is 3.73. The Morgan fingerprint density at radius 2 is 2.00 bits per heavy atom. The molecule has 0 amide bonds. The van der Waals surface area contributed by atoms with Crippen LogP contribution in [0.25, 0.3) is 0 Å².